The highest BCUT2D eigenvalue weighted by Crippen LogP contribution is 2.19. The molecule has 7 heteroatoms. The van der Waals surface area contributed by atoms with Gasteiger partial charge in [0.1, 0.15) is 5.82 Å². The molecule has 114 valence electrons. The minimum atomic E-state index is -0.390. The number of anilines is 1. The molecule has 0 aliphatic carbocycles. The highest BCUT2D eigenvalue weighted by Gasteiger charge is 2.31. The number of amides is 1. The number of aromatic nitrogens is 1. The summed E-state index contributed by atoms with van der Waals surface area (Å²) in [5.41, 5.74) is 0. The fourth-order valence-corrected chi connectivity index (χ4v) is 3.56. The van der Waals surface area contributed by atoms with E-state index >= 15 is 0 Å². The van der Waals surface area contributed by atoms with Crippen LogP contribution in [0.4, 0.5) is 5.82 Å². The number of carbonyl (C=O) groups excluding carboxylic acids is 1. The second kappa shape index (κ2) is 6.85. The van der Waals surface area contributed by atoms with E-state index in [-0.39, 0.29) is 12.0 Å². The van der Waals surface area contributed by atoms with Crippen molar-refractivity contribution in [3.63, 3.8) is 0 Å². The zero-order valence-corrected chi connectivity index (χ0v) is 13.3. The summed E-state index contributed by atoms with van der Waals surface area (Å²) in [6.07, 6.45) is 1.24. The summed E-state index contributed by atoms with van der Waals surface area (Å²) in [5.74, 6) is 2.98. The van der Waals surface area contributed by atoms with Crippen molar-refractivity contribution in [1.82, 2.24) is 9.88 Å². The zero-order chi connectivity index (χ0) is 14.7. The largest absolute Gasteiger partial charge is 0.365 e. The number of hydrogen-bond acceptors (Lipinski definition) is 5. The van der Waals surface area contributed by atoms with Crippen molar-refractivity contribution in [3.05, 3.63) is 23.4 Å². The van der Waals surface area contributed by atoms with Gasteiger partial charge in [0.2, 0.25) is 0 Å². The van der Waals surface area contributed by atoms with Gasteiger partial charge < -0.3 is 14.5 Å². The number of nitrogens with zero attached hydrogens (tertiary/aromatic N) is 3. The molecule has 1 unspecified atom stereocenters. The van der Waals surface area contributed by atoms with Crippen LogP contribution in [0.25, 0.3) is 0 Å². The Morgan fingerprint density at radius 2 is 2.14 bits per heavy atom. The predicted molar refractivity (Wildman–Crippen MR) is 85.1 cm³/mol. The number of thioether (sulfide) groups is 1. The van der Waals surface area contributed by atoms with Crippen molar-refractivity contribution in [1.29, 1.82) is 0 Å². The number of hydrogen-bond donors (Lipinski definition) is 0. The van der Waals surface area contributed by atoms with E-state index in [2.05, 4.69) is 9.88 Å². The molecule has 0 aromatic carbocycles. The number of halogens is 1. The Morgan fingerprint density at radius 3 is 2.86 bits per heavy atom. The summed E-state index contributed by atoms with van der Waals surface area (Å²) in [6.45, 7) is 3.49. The summed E-state index contributed by atoms with van der Waals surface area (Å²) in [4.78, 5) is 20.8. The van der Waals surface area contributed by atoms with Gasteiger partial charge in [-0.3, -0.25) is 4.79 Å². The second-order valence-electron chi connectivity index (χ2n) is 5.08. The lowest BCUT2D eigenvalue weighted by molar-refractivity contribution is -0.144. The van der Waals surface area contributed by atoms with Gasteiger partial charge in [0, 0.05) is 37.3 Å². The van der Waals surface area contributed by atoms with E-state index in [1.54, 1.807) is 6.20 Å². The maximum atomic E-state index is 12.5. The van der Waals surface area contributed by atoms with Crippen LogP contribution in [-0.2, 0) is 9.53 Å². The molecule has 2 saturated heterocycles. The van der Waals surface area contributed by atoms with Crippen LogP contribution in [0, 0.1) is 0 Å². The molecule has 1 atom stereocenters. The molecule has 3 rings (SSSR count). The van der Waals surface area contributed by atoms with Crippen LogP contribution in [-0.4, -0.2) is 66.2 Å². The van der Waals surface area contributed by atoms with E-state index in [1.807, 2.05) is 28.8 Å². The molecule has 0 N–H and O–H groups in total. The lowest BCUT2D eigenvalue weighted by atomic mass is 10.2. The van der Waals surface area contributed by atoms with Crippen molar-refractivity contribution in [2.45, 2.75) is 6.10 Å². The average Bonchev–Trinajstić information content (AvgIpc) is 2.56. The van der Waals surface area contributed by atoms with Gasteiger partial charge in [0.05, 0.1) is 18.2 Å². The maximum Gasteiger partial charge on any atom is 0.253 e. The molecule has 0 radical (unpaired) electrons. The van der Waals surface area contributed by atoms with Crippen LogP contribution in [0.1, 0.15) is 0 Å². The SMILES string of the molecule is O=C(C1CN(c2ccc(Cl)cn2)CCO1)N1CCSCC1. The Bertz CT molecular complexity index is 493. The van der Waals surface area contributed by atoms with Gasteiger partial charge in [-0.25, -0.2) is 4.98 Å². The van der Waals surface area contributed by atoms with E-state index in [4.69, 9.17) is 16.3 Å². The van der Waals surface area contributed by atoms with Gasteiger partial charge in [-0.05, 0) is 12.1 Å². The fourth-order valence-electron chi connectivity index (χ4n) is 2.55. The maximum absolute atomic E-state index is 12.5. The molecule has 1 aromatic heterocycles. The van der Waals surface area contributed by atoms with Crippen molar-refractivity contribution >= 4 is 35.1 Å². The van der Waals surface area contributed by atoms with Crippen LogP contribution in [0.3, 0.4) is 0 Å². The smallest absolute Gasteiger partial charge is 0.253 e. The van der Waals surface area contributed by atoms with E-state index in [0.29, 0.717) is 18.2 Å². The second-order valence-corrected chi connectivity index (χ2v) is 6.74. The van der Waals surface area contributed by atoms with E-state index < -0.39 is 0 Å². The molecule has 2 aliphatic heterocycles. The highest BCUT2D eigenvalue weighted by molar-refractivity contribution is 7.99. The van der Waals surface area contributed by atoms with Crippen molar-refractivity contribution in [3.8, 4) is 0 Å². The van der Waals surface area contributed by atoms with E-state index in [1.165, 1.54) is 0 Å². The van der Waals surface area contributed by atoms with Gasteiger partial charge in [-0.1, -0.05) is 11.6 Å². The van der Waals surface area contributed by atoms with Crippen LogP contribution in [0.5, 0.6) is 0 Å². The first kappa shape index (κ1) is 14.9. The van der Waals surface area contributed by atoms with Crippen LogP contribution in [0.2, 0.25) is 5.02 Å². The quantitative estimate of drug-likeness (QED) is 0.824. The number of rotatable bonds is 2. The summed E-state index contributed by atoms with van der Waals surface area (Å²) in [7, 11) is 0. The van der Waals surface area contributed by atoms with E-state index in [0.717, 1.165) is 37.0 Å². The minimum Gasteiger partial charge on any atom is -0.365 e. The summed E-state index contributed by atoms with van der Waals surface area (Å²) in [6, 6.07) is 3.70. The number of ether oxygens (including phenoxy) is 1. The Labute approximate surface area is 133 Å². The Kier molecular flexibility index (Phi) is 4.87. The van der Waals surface area contributed by atoms with Crippen LogP contribution < -0.4 is 4.90 Å². The Balaban J connectivity index is 1.64. The van der Waals surface area contributed by atoms with Crippen molar-refractivity contribution in [2.75, 3.05) is 49.2 Å². The number of carbonyl (C=O) groups is 1. The van der Waals surface area contributed by atoms with Crippen molar-refractivity contribution in [2.24, 2.45) is 0 Å². The molecule has 21 heavy (non-hydrogen) atoms. The van der Waals surface area contributed by atoms with Crippen molar-refractivity contribution < 1.29 is 9.53 Å². The minimum absolute atomic E-state index is 0.106. The molecule has 0 saturated carbocycles. The summed E-state index contributed by atoms with van der Waals surface area (Å²) < 4.78 is 5.67. The van der Waals surface area contributed by atoms with Gasteiger partial charge in [-0.2, -0.15) is 11.8 Å². The van der Waals surface area contributed by atoms with E-state index in [9.17, 15) is 4.79 Å². The molecule has 5 nitrogen and oxygen atoms in total. The number of pyridine rings is 1. The fraction of sp³-hybridized carbons (Fsp3) is 0.571. The third-order valence-electron chi connectivity index (χ3n) is 3.70. The van der Waals surface area contributed by atoms with Crippen LogP contribution >= 0.6 is 23.4 Å². The highest BCUT2D eigenvalue weighted by atomic mass is 35.5. The molecular formula is C14H18ClN3O2S. The zero-order valence-electron chi connectivity index (χ0n) is 11.7. The normalized spacial score (nSPS) is 23.2. The molecule has 2 aliphatic rings. The molecule has 3 heterocycles. The van der Waals surface area contributed by atoms with Gasteiger partial charge in [-0.15, -0.1) is 0 Å². The molecular weight excluding hydrogens is 310 g/mol. The Morgan fingerprint density at radius 1 is 1.33 bits per heavy atom. The standard InChI is InChI=1S/C14H18ClN3O2S/c15-11-1-2-13(16-9-11)18-3-6-20-12(10-18)14(19)17-4-7-21-8-5-17/h1-2,9,12H,3-8,10H2. The molecule has 1 amide bonds. The van der Waals surface area contributed by atoms with Gasteiger partial charge >= 0.3 is 0 Å². The first-order chi connectivity index (χ1) is 10.2. The molecule has 0 spiro atoms. The predicted octanol–water partition coefficient (Wildman–Crippen LogP) is 1.52. The lowest BCUT2D eigenvalue weighted by Crippen LogP contribution is -2.52. The summed E-state index contributed by atoms with van der Waals surface area (Å²) in [5, 5.41) is 0.616. The first-order valence-corrected chi connectivity index (χ1v) is 8.62. The third kappa shape index (κ3) is 3.62. The Hall–Kier alpha value is -0.980. The summed E-state index contributed by atoms with van der Waals surface area (Å²) >= 11 is 7.76. The molecule has 0 bridgehead atoms. The number of morpholine rings is 1. The monoisotopic (exact) mass is 327 g/mol. The topological polar surface area (TPSA) is 45.7 Å². The van der Waals surface area contributed by atoms with Crippen LogP contribution in [0.15, 0.2) is 18.3 Å². The first-order valence-electron chi connectivity index (χ1n) is 7.09. The van der Waals surface area contributed by atoms with Gasteiger partial charge in [0.25, 0.3) is 5.91 Å². The molecule has 2 fully saturated rings. The average molecular weight is 328 g/mol. The molecule has 1 aromatic rings. The lowest BCUT2D eigenvalue weighted by Gasteiger charge is -2.36. The third-order valence-corrected chi connectivity index (χ3v) is 4.87. The van der Waals surface area contributed by atoms with Gasteiger partial charge in [0.15, 0.2) is 6.10 Å².